The summed E-state index contributed by atoms with van der Waals surface area (Å²) in [5.41, 5.74) is 0.564. The van der Waals surface area contributed by atoms with Crippen LogP contribution in [-0.4, -0.2) is 39.5 Å². The van der Waals surface area contributed by atoms with Gasteiger partial charge >= 0.3 is 12.0 Å². The molecule has 0 heterocycles. The topological polar surface area (TPSA) is 131 Å². The second-order valence-corrected chi connectivity index (χ2v) is 7.24. The Morgan fingerprint density at radius 3 is 2.21 bits per heavy atom. The zero-order chi connectivity index (χ0) is 20.6. The molecule has 0 aliphatic heterocycles. The predicted octanol–water partition coefficient (Wildman–Crippen LogP) is 1.49. The van der Waals surface area contributed by atoms with Crippen molar-refractivity contribution in [3.8, 4) is 0 Å². The van der Waals surface area contributed by atoms with Crippen LogP contribution in [0.2, 0.25) is 0 Å². The molecule has 0 atom stereocenters. The van der Waals surface area contributed by atoms with E-state index in [-0.39, 0.29) is 17.0 Å². The minimum absolute atomic E-state index is 0.00114. The van der Waals surface area contributed by atoms with Gasteiger partial charge in [0.15, 0.2) is 6.61 Å². The number of carbonyl (C=O) groups is 3. The Labute approximate surface area is 162 Å². The van der Waals surface area contributed by atoms with Crippen molar-refractivity contribution in [3.63, 3.8) is 0 Å². The molecule has 0 aromatic heterocycles. The van der Waals surface area contributed by atoms with E-state index in [1.165, 1.54) is 24.3 Å². The van der Waals surface area contributed by atoms with E-state index in [0.29, 0.717) is 5.69 Å². The zero-order valence-electron chi connectivity index (χ0n) is 15.0. The number of para-hydroxylation sites is 1. The fourth-order valence-electron chi connectivity index (χ4n) is 2.10. The molecule has 0 aliphatic rings. The molecule has 2 aromatic rings. The maximum absolute atomic E-state index is 11.9. The van der Waals surface area contributed by atoms with Gasteiger partial charge in [-0.2, -0.15) is 0 Å². The number of esters is 1. The Morgan fingerprint density at radius 2 is 1.61 bits per heavy atom. The molecule has 2 rings (SSSR count). The van der Waals surface area contributed by atoms with E-state index in [1.54, 1.807) is 37.3 Å². The summed E-state index contributed by atoms with van der Waals surface area (Å²) in [6, 6.07) is 12.8. The molecule has 0 spiro atoms. The highest BCUT2D eigenvalue weighted by atomic mass is 32.2. The molecular weight excluding hydrogens is 386 g/mol. The van der Waals surface area contributed by atoms with E-state index in [0.717, 1.165) is 0 Å². The van der Waals surface area contributed by atoms with Gasteiger partial charge in [0.25, 0.3) is 5.91 Å². The van der Waals surface area contributed by atoms with Crippen molar-refractivity contribution in [2.75, 3.05) is 18.5 Å². The first-order valence-electron chi connectivity index (χ1n) is 8.24. The Balaban J connectivity index is 1.84. The maximum Gasteiger partial charge on any atom is 0.338 e. The minimum Gasteiger partial charge on any atom is -0.452 e. The van der Waals surface area contributed by atoms with Gasteiger partial charge in [0.2, 0.25) is 10.0 Å². The van der Waals surface area contributed by atoms with Gasteiger partial charge in [0.1, 0.15) is 0 Å². The number of imide groups is 1. The Kier molecular flexibility index (Phi) is 7.24. The van der Waals surface area contributed by atoms with Crippen LogP contribution in [0.15, 0.2) is 59.5 Å². The monoisotopic (exact) mass is 405 g/mol. The molecule has 3 amide bonds. The number of ether oxygens (including phenoxy) is 1. The molecule has 0 saturated heterocycles. The van der Waals surface area contributed by atoms with Gasteiger partial charge in [-0.05, 0) is 36.4 Å². The summed E-state index contributed by atoms with van der Waals surface area (Å²) in [4.78, 5) is 35.3. The van der Waals surface area contributed by atoms with E-state index in [1.807, 2.05) is 5.32 Å². The van der Waals surface area contributed by atoms with Gasteiger partial charge < -0.3 is 10.1 Å². The lowest BCUT2D eigenvalue weighted by atomic mass is 10.2. The number of amides is 3. The van der Waals surface area contributed by atoms with Gasteiger partial charge in [-0.1, -0.05) is 25.1 Å². The van der Waals surface area contributed by atoms with Crippen molar-refractivity contribution in [2.45, 2.75) is 11.8 Å². The first-order chi connectivity index (χ1) is 13.3. The predicted molar refractivity (Wildman–Crippen MR) is 101 cm³/mol. The highest BCUT2D eigenvalue weighted by Crippen LogP contribution is 2.11. The van der Waals surface area contributed by atoms with E-state index in [4.69, 9.17) is 4.74 Å². The van der Waals surface area contributed by atoms with E-state index >= 15 is 0 Å². The van der Waals surface area contributed by atoms with Gasteiger partial charge in [-0.15, -0.1) is 0 Å². The molecule has 0 radical (unpaired) electrons. The minimum atomic E-state index is -3.63. The number of carbonyl (C=O) groups excluding carboxylic acids is 3. The van der Waals surface area contributed by atoms with E-state index in [2.05, 4.69) is 10.0 Å². The van der Waals surface area contributed by atoms with Crippen LogP contribution >= 0.6 is 0 Å². The lowest BCUT2D eigenvalue weighted by molar-refractivity contribution is -0.123. The summed E-state index contributed by atoms with van der Waals surface area (Å²) in [6.45, 7) is 1.21. The standard InChI is InChI=1S/C18H19N3O6S/c1-2-19-28(25,26)15-10-8-13(9-11-15)17(23)27-12-16(22)21-18(24)20-14-6-4-3-5-7-14/h3-11,19H,2,12H2,1H3,(H2,20,21,22,24). The van der Waals surface area contributed by atoms with Crippen LogP contribution in [0.1, 0.15) is 17.3 Å². The summed E-state index contributed by atoms with van der Waals surface area (Å²) in [6.07, 6.45) is 0. The number of benzene rings is 2. The number of hydrogen-bond acceptors (Lipinski definition) is 6. The summed E-state index contributed by atoms with van der Waals surface area (Å²) < 4.78 is 30.8. The normalized spacial score (nSPS) is 10.8. The number of hydrogen-bond donors (Lipinski definition) is 3. The smallest absolute Gasteiger partial charge is 0.338 e. The fraction of sp³-hybridized carbons (Fsp3) is 0.167. The van der Waals surface area contributed by atoms with Crippen molar-refractivity contribution in [1.29, 1.82) is 0 Å². The van der Waals surface area contributed by atoms with Crippen molar-refractivity contribution in [3.05, 3.63) is 60.2 Å². The molecule has 0 fully saturated rings. The molecule has 0 saturated carbocycles. The fourth-order valence-corrected chi connectivity index (χ4v) is 3.15. The molecule has 10 heteroatoms. The lowest BCUT2D eigenvalue weighted by Crippen LogP contribution is -2.37. The lowest BCUT2D eigenvalue weighted by Gasteiger charge is -2.08. The number of rotatable bonds is 7. The second kappa shape index (κ2) is 9.62. The third kappa shape index (κ3) is 6.18. The third-order valence-electron chi connectivity index (χ3n) is 3.35. The maximum atomic E-state index is 11.9. The number of sulfonamides is 1. The van der Waals surface area contributed by atoms with Crippen LogP contribution in [0, 0.1) is 0 Å². The summed E-state index contributed by atoms with van der Waals surface area (Å²) >= 11 is 0. The average Bonchev–Trinajstić information content (AvgIpc) is 2.67. The first-order valence-corrected chi connectivity index (χ1v) is 9.73. The molecule has 0 aliphatic carbocycles. The summed E-state index contributed by atoms with van der Waals surface area (Å²) in [5, 5.41) is 4.47. The molecule has 9 nitrogen and oxygen atoms in total. The van der Waals surface area contributed by atoms with E-state index < -0.39 is 34.5 Å². The zero-order valence-corrected chi connectivity index (χ0v) is 15.8. The van der Waals surface area contributed by atoms with Crippen LogP contribution in [0.25, 0.3) is 0 Å². The molecule has 2 aromatic carbocycles. The number of urea groups is 1. The van der Waals surface area contributed by atoms with Crippen LogP contribution in [0.3, 0.4) is 0 Å². The van der Waals surface area contributed by atoms with Gasteiger partial charge in [0.05, 0.1) is 10.5 Å². The van der Waals surface area contributed by atoms with Crippen LogP contribution in [-0.2, 0) is 19.6 Å². The Morgan fingerprint density at radius 1 is 0.964 bits per heavy atom. The second-order valence-electron chi connectivity index (χ2n) is 5.47. The van der Waals surface area contributed by atoms with E-state index in [9.17, 15) is 22.8 Å². The molecule has 3 N–H and O–H groups in total. The van der Waals surface area contributed by atoms with Gasteiger partial charge in [-0.25, -0.2) is 22.7 Å². The van der Waals surface area contributed by atoms with Gasteiger partial charge in [0, 0.05) is 12.2 Å². The number of nitrogens with one attached hydrogen (secondary N) is 3. The SMILES string of the molecule is CCNS(=O)(=O)c1ccc(C(=O)OCC(=O)NC(=O)Nc2ccccc2)cc1. The van der Waals surface area contributed by atoms with Crippen LogP contribution < -0.4 is 15.4 Å². The molecule has 28 heavy (non-hydrogen) atoms. The first kappa shape index (κ1) is 21.1. The van der Waals surface area contributed by atoms with Crippen molar-refractivity contribution in [1.82, 2.24) is 10.0 Å². The Hall–Kier alpha value is -3.24. The Bertz CT molecular complexity index is 943. The van der Waals surface area contributed by atoms with Crippen LogP contribution in [0.4, 0.5) is 10.5 Å². The van der Waals surface area contributed by atoms with Crippen molar-refractivity contribution < 1.29 is 27.5 Å². The van der Waals surface area contributed by atoms with Crippen molar-refractivity contribution in [2.24, 2.45) is 0 Å². The largest absolute Gasteiger partial charge is 0.452 e. The third-order valence-corrected chi connectivity index (χ3v) is 4.92. The van der Waals surface area contributed by atoms with Crippen LogP contribution in [0.5, 0.6) is 0 Å². The molecular formula is C18H19N3O6S. The van der Waals surface area contributed by atoms with Gasteiger partial charge in [-0.3, -0.25) is 10.1 Å². The highest BCUT2D eigenvalue weighted by molar-refractivity contribution is 7.89. The highest BCUT2D eigenvalue weighted by Gasteiger charge is 2.16. The van der Waals surface area contributed by atoms with Crippen molar-refractivity contribution >= 4 is 33.6 Å². The summed E-state index contributed by atoms with van der Waals surface area (Å²) in [7, 11) is -3.63. The molecule has 0 bridgehead atoms. The molecule has 0 unspecified atom stereocenters. The quantitative estimate of drug-likeness (QED) is 0.598. The number of anilines is 1. The average molecular weight is 405 g/mol. The molecule has 148 valence electrons. The summed E-state index contributed by atoms with van der Waals surface area (Å²) in [5.74, 6) is -1.64.